The summed E-state index contributed by atoms with van der Waals surface area (Å²) in [6, 6.07) is 8.45. The van der Waals surface area contributed by atoms with E-state index < -0.39 is 5.97 Å². The Bertz CT molecular complexity index is 349. The topological polar surface area (TPSA) is 49.3 Å². The molecule has 1 aromatic rings. The first-order chi connectivity index (χ1) is 8.08. The predicted molar refractivity (Wildman–Crippen MR) is 71.6 cm³/mol. The lowest BCUT2D eigenvalue weighted by atomic mass is 10.1. The zero-order valence-corrected chi connectivity index (χ0v) is 11.1. The highest BCUT2D eigenvalue weighted by molar-refractivity contribution is 7.99. The zero-order valence-electron chi connectivity index (χ0n) is 10.3. The summed E-state index contributed by atoms with van der Waals surface area (Å²) in [4.78, 5) is 11.6. The van der Waals surface area contributed by atoms with E-state index in [4.69, 9.17) is 5.11 Å². The van der Waals surface area contributed by atoms with Crippen LogP contribution in [-0.4, -0.2) is 29.4 Å². The van der Waals surface area contributed by atoms with Gasteiger partial charge in [0.05, 0.1) is 6.54 Å². The minimum atomic E-state index is -0.811. The molecule has 0 fully saturated rings. The molecule has 2 N–H and O–H groups in total. The van der Waals surface area contributed by atoms with Crippen LogP contribution < -0.4 is 5.32 Å². The first-order valence-corrected chi connectivity index (χ1v) is 6.64. The van der Waals surface area contributed by atoms with E-state index in [0.717, 1.165) is 6.42 Å². The number of nitrogens with one attached hydrogen (secondary N) is 1. The van der Waals surface area contributed by atoms with E-state index in [-0.39, 0.29) is 6.54 Å². The van der Waals surface area contributed by atoms with E-state index >= 15 is 0 Å². The van der Waals surface area contributed by atoms with Crippen molar-refractivity contribution in [3.8, 4) is 0 Å². The molecule has 0 aliphatic rings. The van der Waals surface area contributed by atoms with Crippen LogP contribution in [-0.2, 0) is 11.2 Å². The molecule has 0 amide bonds. The van der Waals surface area contributed by atoms with Crippen molar-refractivity contribution in [3.63, 3.8) is 0 Å². The maximum atomic E-state index is 10.3. The van der Waals surface area contributed by atoms with Crippen LogP contribution in [0.5, 0.6) is 0 Å². The van der Waals surface area contributed by atoms with Crippen LogP contribution in [0.1, 0.15) is 19.4 Å². The van der Waals surface area contributed by atoms with E-state index in [1.54, 1.807) is 0 Å². The number of carboxylic acids is 1. The van der Waals surface area contributed by atoms with E-state index in [9.17, 15) is 4.79 Å². The number of hydrogen-bond acceptors (Lipinski definition) is 3. The van der Waals surface area contributed by atoms with Crippen LogP contribution in [0.15, 0.2) is 29.2 Å². The van der Waals surface area contributed by atoms with Crippen LogP contribution in [0.25, 0.3) is 0 Å². The average Bonchev–Trinajstić information content (AvgIpc) is 2.25. The van der Waals surface area contributed by atoms with Gasteiger partial charge in [-0.25, -0.2) is 0 Å². The first-order valence-electron chi connectivity index (χ1n) is 5.76. The minimum absolute atomic E-state index is 0.0291. The Morgan fingerprint density at radius 3 is 2.53 bits per heavy atom. The smallest absolute Gasteiger partial charge is 0.317 e. The summed E-state index contributed by atoms with van der Waals surface area (Å²) in [5.74, 6) is -0.811. The van der Waals surface area contributed by atoms with Crippen LogP contribution in [0.3, 0.4) is 0 Å². The van der Waals surface area contributed by atoms with E-state index in [1.807, 2.05) is 11.8 Å². The molecule has 0 atom stereocenters. The zero-order chi connectivity index (χ0) is 12.7. The van der Waals surface area contributed by atoms with Crippen molar-refractivity contribution in [3.05, 3.63) is 29.8 Å². The molecule has 0 aliphatic carbocycles. The Morgan fingerprint density at radius 1 is 1.35 bits per heavy atom. The third-order valence-electron chi connectivity index (χ3n) is 2.16. The summed E-state index contributed by atoms with van der Waals surface area (Å²) in [7, 11) is 0. The van der Waals surface area contributed by atoms with Crippen molar-refractivity contribution in [2.45, 2.75) is 30.4 Å². The average molecular weight is 253 g/mol. The molecule has 1 rings (SSSR count). The molecule has 0 spiro atoms. The van der Waals surface area contributed by atoms with Crippen LogP contribution in [0, 0.1) is 0 Å². The van der Waals surface area contributed by atoms with Gasteiger partial charge in [0.15, 0.2) is 0 Å². The standard InChI is InChI=1S/C13H19NO2S/c1-10(2)17-12-5-3-11(4-6-12)7-8-14-9-13(15)16/h3-6,10,14H,7-9H2,1-2H3,(H,15,16). The quantitative estimate of drug-likeness (QED) is 0.579. The van der Waals surface area contributed by atoms with E-state index in [2.05, 4.69) is 43.4 Å². The maximum absolute atomic E-state index is 10.3. The molecule has 1 aromatic carbocycles. The number of carbonyl (C=O) groups is 1. The summed E-state index contributed by atoms with van der Waals surface area (Å²) in [6.07, 6.45) is 0.861. The highest BCUT2D eigenvalue weighted by atomic mass is 32.2. The molecule has 0 saturated heterocycles. The predicted octanol–water partition coefficient (Wildman–Crippen LogP) is 2.40. The lowest BCUT2D eigenvalue weighted by molar-refractivity contribution is -0.135. The largest absolute Gasteiger partial charge is 0.480 e. The third kappa shape index (κ3) is 6.34. The Morgan fingerprint density at radius 2 is 2.00 bits per heavy atom. The highest BCUT2D eigenvalue weighted by Gasteiger charge is 1.99. The molecule has 0 radical (unpaired) electrons. The number of benzene rings is 1. The van der Waals surface area contributed by atoms with Crippen LogP contribution in [0.4, 0.5) is 0 Å². The van der Waals surface area contributed by atoms with Crippen molar-refractivity contribution >= 4 is 17.7 Å². The normalized spacial score (nSPS) is 10.8. The van der Waals surface area contributed by atoms with Crippen LogP contribution >= 0.6 is 11.8 Å². The van der Waals surface area contributed by atoms with Crippen molar-refractivity contribution in [1.29, 1.82) is 0 Å². The van der Waals surface area contributed by atoms with Gasteiger partial charge in [-0.3, -0.25) is 4.79 Å². The highest BCUT2D eigenvalue weighted by Crippen LogP contribution is 2.22. The first kappa shape index (κ1) is 14.1. The second-order valence-electron chi connectivity index (χ2n) is 4.13. The maximum Gasteiger partial charge on any atom is 0.317 e. The number of hydrogen-bond donors (Lipinski definition) is 2. The minimum Gasteiger partial charge on any atom is -0.480 e. The third-order valence-corrected chi connectivity index (χ3v) is 3.18. The van der Waals surface area contributed by atoms with Crippen molar-refractivity contribution < 1.29 is 9.90 Å². The molecule has 0 unspecified atom stereocenters. The molecule has 0 aliphatic heterocycles. The molecule has 0 saturated carbocycles. The summed E-state index contributed by atoms with van der Waals surface area (Å²) in [5.41, 5.74) is 1.23. The number of aliphatic carboxylic acids is 1. The fourth-order valence-electron chi connectivity index (χ4n) is 1.43. The Balaban J connectivity index is 2.32. The SMILES string of the molecule is CC(C)Sc1ccc(CCNCC(=O)O)cc1. The van der Waals surface area contributed by atoms with Gasteiger partial charge in [-0.15, -0.1) is 11.8 Å². The van der Waals surface area contributed by atoms with Gasteiger partial charge in [-0.1, -0.05) is 26.0 Å². The van der Waals surface area contributed by atoms with Crippen molar-refractivity contribution in [1.82, 2.24) is 5.32 Å². The molecule has 17 heavy (non-hydrogen) atoms. The second-order valence-corrected chi connectivity index (χ2v) is 5.78. The summed E-state index contributed by atoms with van der Waals surface area (Å²) in [5, 5.41) is 11.9. The Hall–Kier alpha value is -1.00. The van der Waals surface area contributed by atoms with Crippen molar-refractivity contribution in [2.75, 3.05) is 13.1 Å². The van der Waals surface area contributed by atoms with Gasteiger partial charge in [-0.05, 0) is 30.7 Å². The van der Waals surface area contributed by atoms with Crippen LogP contribution in [0.2, 0.25) is 0 Å². The Labute approximate surface area is 107 Å². The monoisotopic (exact) mass is 253 g/mol. The molecule has 4 heteroatoms. The van der Waals surface area contributed by atoms with Gasteiger partial charge in [0, 0.05) is 10.1 Å². The van der Waals surface area contributed by atoms with Gasteiger partial charge in [0.2, 0.25) is 0 Å². The fraction of sp³-hybridized carbons (Fsp3) is 0.462. The molecule has 94 valence electrons. The lowest BCUT2D eigenvalue weighted by Crippen LogP contribution is -2.24. The summed E-state index contributed by atoms with van der Waals surface area (Å²) >= 11 is 1.85. The fourth-order valence-corrected chi connectivity index (χ4v) is 2.27. The Kier molecular flexibility index (Phi) is 6.08. The summed E-state index contributed by atoms with van der Waals surface area (Å²) in [6.45, 7) is 5.08. The van der Waals surface area contributed by atoms with Gasteiger partial charge >= 0.3 is 5.97 Å². The van der Waals surface area contributed by atoms with Gasteiger partial charge < -0.3 is 10.4 Å². The van der Waals surface area contributed by atoms with Crippen molar-refractivity contribution in [2.24, 2.45) is 0 Å². The molecule has 0 aromatic heterocycles. The van der Waals surface area contributed by atoms with E-state index in [0.29, 0.717) is 11.8 Å². The number of rotatable bonds is 7. The van der Waals surface area contributed by atoms with Gasteiger partial charge in [0.1, 0.15) is 0 Å². The molecular weight excluding hydrogens is 234 g/mol. The molecule has 0 heterocycles. The molecular formula is C13H19NO2S. The number of thioether (sulfide) groups is 1. The van der Waals surface area contributed by atoms with E-state index in [1.165, 1.54) is 10.5 Å². The second kappa shape index (κ2) is 7.35. The molecule has 3 nitrogen and oxygen atoms in total. The van der Waals surface area contributed by atoms with Gasteiger partial charge in [0.25, 0.3) is 0 Å². The summed E-state index contributed by atoms with van der Waals surface area (Å²) < 4.78 is 0. The molecule has 0 bridgehead atoms. The number of carboxylic acid groups (broad SMARTS) is 1. The van der Waals surface area contributed by atoms with Gasteiger partial charge in [-0.2, -0.15) is 0 Å². The lowest BCUT2D eigenvalue weighted by Gasteiger charge is -2.06.